The number of carbonyl (C=O) groups is 2. The molecule has 1 aromatic heterocycles. The highest BCUT2D eigenvalue weighted by Gasteiger charge is 2.62. The van der Waals surface area contributed by atoms with Gasteiger partial charge in [-0.25, -0.2) is 0 Å². The second-order valence-corrected chi connectivity index (χ2v) is 6.41. The number of nitrogens with zero attached hydrogens (tertiary/aromatic N) is 1. The standard InChI is InChI=1S/C18H12ClF4NO3/c19-12-2-1-7-24-16(12)14(26)5-4-13(25)10-3-6-15-11(8-10)9-17(20,21)18(22,23)27-15/h1-3,6-8H,4-5,9H2. The zero-order valence-electron chi connectivity index (χ0n) is 13.6. The molecular formula is C18H12ClF4NO3. The number of ether oxygens (including phenoxy) is 1. The zero-order chi connectivity index (χ0) is 19.8. The average molecular weight is 402 g/mol. The predicted molar refractivity (Wildman–Crippen MR) is 87.8 cm³/mol. The number of halogens is 5. The van der Waals surface area contributed by atoms with E-state index >= 15 is 0 Å². The van der Waals surface area contributed by atoms with Crippen LogP contribution in [-0.4, -0.2) is 28.6 Å². The summed E-state index contributed by atoms with van der Waals surface area (Å²) in [6.45, 7) is 0. The number of alkyl halides is 4. The summed E-state index contributed by atoms with van der Waals surface area (Å²) in [7, 11) is 0. The minimum Gasteiger partial charge on any atom is -0.428 e. The Bertz CT molecular complexity index is 917. The SMILES string of the molecule is O=C(CCC(=O)c1ncccc1Cl)c1ccc2c(c1)CC(F)(F)C(F)(F)O2. The van der Waals surface area contributed by atoms with Crippen molar-refractivity contribution in [2.45, 2.75) is 31.3 Å². The molecule has 9 heteroatoms. The lowest BCUT2D eigenvalue weighted by Crippen LogP contribution is -2.49. The molecule has 0 fully saturated rings. The van der Waals surface area contributed by atoms with Crippen LogP contribution in [0.5, 0.6) is 5.75 Å². The smallest absolute Gasteiger partial charge is 0.428 e. The first kappa shape index (κ1) is 19.3. The Morgan fingerprint density at radius 2 is 1.81 bits per heavy atom. The Balaban J connectivity index is 1.72. The number of benzene rings is 1. The van der Waals surface area contributed by atoms with Crippen LogP contribution in [0.1, 0.15) is 39.3 Å². The molecule has 0 spiro atoms. The molecule has 0 saturated heterocycles. The molecule has 0 unspecified atom stereocenters. The molecule has 0 amide bonds. The van der Waals surface area contributed by atoms with E-state index in [2.05, 4.69) is 9.72 Å². The van der Waals surface area contributed by atoms with Gasteiger partial charge >= 0.3 is 12.0 Å². The van der Waals surface area contributed by atoms with Crippen molar-refractivity contribution in [3.8, 4) is 5.75 Å². The van der Waals surface area contributed by atoms with Crippen molar-refractivity contribution in [1.29, 1.82) is 0 Å². The summed E-state index contributed by atoms with van der Waals surface area (Å²) >= 11 is 5.87. The summed E-state index contributed by atoms with van der Waals surface area (Å²) in [6.07, 6.45) is -4.87. The Kier molecular flexibility index (Phi) is 4.94. The number of rotatable bonds is 5. The second kappa shape index (κ2) is 6.92. The number of hydrogen-bond acceptors (Lipinski definition) is 4. The van der Waals surface area contributed by atoms with E-state index in [1.54, 1.807) is 6.07 Å². The first-order valence-corrected chi connectivity index (χ1v) is 8.23. The molecule has 0 bridgehead atoms. The Labute approximate surface area is 156 Å². The van der Waals surface area contributed by atoms with E-state index in [9.17, 15) is 27.2 Å². The average Bonchev–Trinajstić information content (AvgIpc) is 2.60. The van der Waals surface area contributed by atoms with E-state index in [0.29, 0.717) is 0 Å². The van der Waals surface area contributed by atoms with Crippen molar-refractivity contribution in [3.05, 3.63) is 58.4 Å². The van der Waals surface area contributed by atoms with Crippen LogP contribution in [0.2, 0.25) is 5.02 Å². The minimum absolute atomic E-state index is 0.0262. The van der Waals surface area contributed by atoms with E-state index in [4.69, 9.17) is 11.6 Å². The molecule has 142 valence electrons. The van der Waals surface area contributed by atoms with Crippen molar-refractivity contribution in [2.24, 2.45) is 0 Å². The van der Waals surface area contributed by atoms with Gasteiger partial charge in [0, 0.05) is 30.2 Å². The number of pyridine rings is 1. The van der Waals surface area contributed by atoms with Crippen LogP contribution in [0, 0.1) is 0 Å². The lowest BCUT2D eigenvalue weighted by molar-refractivity contribution is -0.316. The van der Waals surface area contributed by atoms with E-state index in [1.807, 2.05) is 0 Å². The second-order valence-electron chi connectivity index (χ2n) is 6.00. The summed E-state index contributed by atoms with van der Waals surface area (Å²) in [6, 6.07) is 6.36. The van der Waals surface area contributed by atoms with Crippen molar-refractivity contribution in [1.82, 2.24) is 4.98 Å². The van der Waals surface area contributed by atoms with Crippen LogP contribution in [0.15, 0.2) is 36.5 Å². The number of fused-ring (bicyclic) bond motifs is 1. The molecular weight excluding hydrogens is 390 g/mol. The molecule has 4 nitrogen and oxygen atoms in total. The maximum absolute atomic E-state index is 13.4. The number of hydrogen-bond donors (Lipinski definition) is 0. The van der Waals surface area contributed by atoms with Gasteiger partial charge in [-0.3, -0.25) is 14.6 Å². The van der Waals surface area contributed by atoms with Gasteiger partial charge in [-0.15, -0.1) is 0 Å². The van der Waals surface area contributed by atoms with E-state index in [1.165, 1.54) is 18.3 Å². The Morgan fingerprint density at radius 1 is 1.11 bits per heavy atom. The topological polar surface area (TPSA) is 56.3 Å². The van der Waals surface area contributed by atoms with Gasteiger partial charge < -0.3 is 4.74 Å². The maximum Gasteiger partial charge on any atom is 0.464 e. The third-order valence-corrected chi connectivity index (χ3v) is 4.37. The molecule has 2 aromatic rings. The quantitative estimate of drug-likeness (QED) is 0.536. The summed E-state index contributed by atoms with van der Waals surface area (Å²) in [5.41, 5.74) is -0.137. The highest BCUT2D eigenvalue weighted by Crippen LogP contribution is 2.45. The molecule has 3 rings (SSSR count). The molecule has 0 radical (unpaired) electrons. The summed E-state index contributed by atoms with van der Waals surface area (Å²) < 4.78 is 57.4. The highest BCUT2D eigenvalue weighted by atomic mass is 35.5. The highest BCUT2D eigenvalue weighted by molar-refractivity contribution is 6.33. The number of carbonyl (C=O) groups excluding carboxylic acids is 2. The number of ketones is 2. The molecule has 1 aliphatic heterocycles. The van der Waals surface area contributed by atoms with Crippen molar-refractivity contribution < 1.29 is 31.9 Å². The lowest BCUT2D eigenvalue weighted by Gasteiger charge is -2.32. The van der Waals surface area contributed by atoms with Gasteiger partial charge in [-0.05, 0) is 30.3 Å². The largest absolute Gasteiger partial charge is 0.464 e. The fraction of sp³-hybridized carbons (Fsp3) is 0.278. The van der Waals surface area contributed by atoms with E-state index < -0.39 is 35.8 Å². The maximum atomic E-state index is 13.4. The fourth-order valence-electron chi connectivity index (χ4n) is 2.63. The third-order valence-electron chi connectivity index (χ3n) is 4.06. The Hall–Kier alpha value is -2.48. The first-order chi connectivity index (χ1) is 12.6. The molecule has 0 saturated carbocycles. The van der Waals surface area contributed by atoms with Gasteiger partial charge in [0.1, 0.15) is 11.4 Å². The first-order valence-electron chi connectivity index (χ1n) is 7.85. The van der Waals surface area contributed by atoms with Gasteiger partial charge in [-0.1, -0.05) is 11.6 Å². The predicted octanol–water partition coefficient (Wildman–Crippen LogP) is 4.74. The Morgan fingerprint density at radius 3 is 2.52 bits per heavy atom. The molecule has 1 aliphatic rings. The third kappa shape index (κ3) is 3.80. The lowest BCUT2D eigenvalue weighted by atomic mass is 9.96. The van der Waals surface area contributed by atoms with Crippen LogP contribution in [-0.2, 0) is 6.42 Å². The molecule has 0 aliphatic carbocycles. The van der Waals surface area contributed by atoms with Gasteiger partial charge in [-0.2, -0.15) is 17.6 Å². The molecule has 27 heavy (non-hydrogen) atoms. The monoisotopic (exact) mass is 401 g/mol. The van der Waals surface area contributed by atoms with Crippen molar-refractivity contribution >= 4 is 23.2 Å². The number of aromatic nitrogens is 1. The number of Topliss-reactive ketones (excluding diaryl/α,β-unsaturated/α-hetero) is 2. The van der Waals surface area contributed by atoms with Gasteiger partial charge in [0.15, 0.2) is 11.6 Å². The minimum atomic E-state index is -4.61. The van der Waals surface area contributed by atoms with Gasteiger partial charge in [0.2, 0.25) is 0 Å². The van der Waals surface area contributed by atoms with Crippen LogP contribution >= 0.6 is 11.6 Å². The zero-order valence-corrected chi connectivity index (χ0v) is 14.4. The molecule has 0 atom stereocenters. The van der Waals surface area contributed by atoms with Crippen LogP contribution in [0.25, 0.3) is 0 Å². The fourth-order valence-corrected chi connectivity index (χ4v) is 2.85. The van der Waals surface area contributed by atoms with Gasteiger partial charge in [0.25, 0.3) is 0 Å². The summed E-state index contributed by atoms with van der Waals surface area (Å²) in [4.78, 5) is 28.2. The van der Waals surface area contributed by atoms with Gasteiger partial charge in [0.05, 0.1) is 11.4 Å². The summed E-state index contributed by atoms with van der Waals surface area (Å²) in [5, 5.41) is 0.157. The van der Waals surface area contributed by atoms with Crippen LogP contribution < -0.4 is 4.74 Å². The van der Waals surface area contributed by atoms with E-state index in [-0.39, 0.29) is 34.7 Å². The van der Waals surface area contributed by atoms with Crippen LogP contribution in [0.3, 0.4) is 0 Å². The molecule has 2 heterocycles. The van der Waals surface area contributed by atoms with E-state index in [0.717, 1.165) is 12.1 Å². The van der Waals surface area contributed by atoms with Crippen LogP contribution in [0.4, 0.5) is 17.6 Å². The normalized spacial score (nSPS) is 16.9. The molecule has 1 aromatic carbocycles. The summed E-state index contributed by atoms with van der Waals surface area (Å²) in [5.74, 6) is -5.73. The van der Waals surface area contributed by atoms with Crippen molar-refractivity contribution in [2.75, 3.05) is 0 Å². The van der Waals surface area contributed by atoms with Crippen molar-refractivity contribution in [3.63, 3.8) is 0 Å². The molecule has 0 N–H and O–H groups in total.